The number of rotatable bonds is 3. The van der Waals surface area contributed by atoms with Crippen LogP contribution < -0.4 is 15.2 Å². The van der Waals surface area contributed by atoms with Gasteiger partial charge in [0.2, 0.25) is 5.95 Å². The summed E-state index contributed by atoms with van der Waals surface area (Å²) in [4.78, 5) is 7.73. The highest BCUT2D eigenvalue weighted by atomic mass is 79.9. The molecule has 0 bridgehead atoms. The predicted molar refractivity (Wildman–Crippen MR) is 90.0 cm³/mol. The van der Waals surface area contributed by atoms with Gasteiger partial charge in [-0.3, -0.25) is 0 Å². The Hall–Kier alpha value is -2.62. The summed E-state index contributed by atoms with van der Waals surface area (Å²) in [6.07, 6.45) is 0. The normalized spacial score (nSPS) is 11.0. The van der Waals surface area contributed by atoms with E-state index >= 15 is 0 Å². The molecule has 0 atom stereocenters. The van der Waals surface area contributed by atoms with Crippen LogP contribution in [-0.4, -0.2) is 24.2 Å². The molecular weight excluding hydrogens is 422 g/mol. The smallest absolute Gasteiger partial charge is 0.221 e. The van der Waals surface area contributed by atoms with E-state index in [0.29, 0.717) is 0 Å². The van der Waals surface area contributed by atoms with E-state index in [1.54, 1.807) is 0 Å². The molecule has 3 rings (SSSR count). The van der Waals surface area contributed by atoms with Crippen LogP contribution in [0.3, 0.4) is 0 Å². The highest BCUT2D eigenvalue weighted by molar-refractivity contribution is 9.10. The maximum Gasteiger partial charge on any atom is 0.221 e. The van der Waals surface area contributed by atoms with Gasteiger partial charge in [0.1, 0.15) is 0 Å². The summed E-state index contributed by atoms with van der Waals surface area (Å²) in [5.41, 5.74) is 4.31. The molecule has 3 aromatic rings. The summed E-state index contributed by atoms with van der Waals surface area (Å²) in [7, 11) is 2.73. The lowest BCUT2D eigenvalue weighted by Crippen LogP contribution is -2.05. The SMILES string of the molecule is COc1cc2nc(N)nc(-c3c(F)c(F)c(Br)c(F)c3F)c2cc1OC. The lowest BCUT2D eigenvalue weighted by Gasteiger charge is -2.13. The minimum Gasteiger partial charge on any atom is -0.493 e. The Morgan fingerprint density at radius 1 is 0.885 bits per heavy atom. The van der Waals surface area contributed by atoms with Gasteiger partial charge in [-0.05, 0) is 22.0 Å². The Morgan fingerprint density at radius 2 is 1.42 bits per heavy atom. The van der Waals surface area contributed by atoms with Gasteiger partial charge in [0.15, 0.2) is 34.8 Å². The first kappa shape index (κ1) is 18.2. The monoisotopic (exact) mass is 431 g/mol. The average Bonchev–Trinajstić information content (AvgIpc) is 2.63. The van der Waals surface area contributed by atoms with Crippen molar-refractivity contribution in [3.05, 3.63) is 39.9 Å². The average molecular weight is 432 g/mol. The number of nitrogens with two attached hydrogens (primary N) is 1. The van der Waals surface area contributed by atoms with Crippen molar-refractivity contribution in [1.29, 1.82) is 0 Å². The van der Waals surface area contributed by atoms with Crippen molar-refractivity contribution in [2.24, 2.45) is 0 Å². The van der Waals surface area contributed by atoms with Crippen molar-refractivity contribution in [3.63, 3.8) is 0 Å². The maximum absolute atomic E-state index is 14.4. The van der Waals surface area contributed by atoms with E-state index in [1.165, 1.54) is 26.4 Å². The first-order chi connectivity index (χ1) is 12.3. The molecular formula is C16H10BrF4N3O2. The number of benzene rings is 2. The molecule has 0 fully saturated rings. The quantitative estimate of drug-likeness (QED) is 0.382. The lowest BCUT2D eigenvalue weighted by atomic mass is 10.0. The molecule has 1 aromatic heterocycles. The molecule has 136 valence electrons. The molecule has 0 aliphatic carbocycles. The van der Waals surface area contributed by atoms with Crippen molar-refractivity contribution >= 4 is 32.8 Å². The molecule has 26 heavy (non-hydrogen) atoms. The van der Waals surface area contributed by atoms with Crippen LogP contribution in [0.5, 0.6) is 11.5 Å². The molecule has 5 nitrogen and oxygen atoms in total. The second-order valence-electron chi connectivity index (χ2n) is 5.10. The minimum absolute atomic E-state index is 0.0655. The minimum atomic E-state index is -1.62. The van der Waals surface area contributed by atoms with Crippen molar-refractivity contribution in [2.45, 2.75) is 0 Å². The molecule has 0 aliphatic rings. The Morgan fingerprint density at radius 3 is 1.96 bits per heavy atom. The molecule has 0 amide bonds. The molecule has 0 spiro atoms. The van der Waals surface area contributed by atoms with Gasteiger partial charge in [-0.15, -0.1) is 0 Å². The van der Waals surface area contributed by atoms with Crippen molar-refractivity contribution in [2.75, 3.05) is 20.0 Å². The molecule has 2 N–H and O–H groups in total. The van der Waals surface area contributed by atoms with Gasteiger partial charge in [0.05, 0.1) is 35.5 Å². The van der Waals surface area contributed by atoms with Crippen LogP contribution in [0.1, 0.15) is 0 Å². The van der Waals surface area contributed by atoms with E-state index < -0.39 is 39.0 Å². The summed E-state index contributed by atoms with van der Waals surface area (Å²) >= 11 is 2.47. The van der Waals surface area contributed by atoms with Crippen LogP contribution in [0.2, 0.25) is 0 Å². The molecule has 0 aliphatic heterocycles. The van der Waals surface area contributed by atoms with Crippen LogP contribution in [-0.2, 0) is 0 Å². The third-order valence-corrected chi connectivity index (χ3v) is 4.36. The summed E-state index contributed by atoms with van der Waals surface area (Å²) in [6.45, 7) is 0. The molecule has 1 heterocycles. The summed E-state index contributed by atoms with van der Waals surface area (Å²) in [6, 6.07) is 2.73. The van der Waals surface area contributed by atoms with Crippen molar-refractivity contribution in [1.82, 2.24) is 9.97 Å². The number of nitrogen functional groups attached to an aromatic ring is 1. The number of fused-ring (bicyclic) bond motifs is 1. The number of aromatic nitrogens is 2. The first-order valence-electron chi connectivity index (χ1n) is 7.01. The zero-order chi connectivity index (χ0) is 19.2. The molecule has 0 saturated carbocycles. The highest BCUT2D eigenvalue weighted by Crippen LogP contribution is 2.39. The van der Waals surface area contributed by atoms with E-state index in [-0.39, 0.29) is 28.4 Å². The number of nitrogens with zero attached hydrogens (tertiary/aromatic N) is 2. The van der Waals surface area contributed by atoms with Gasteiger partial charge in [-0.2, -0.15) is 0 Å². The zero-order valence-electron chi connectivity index (χ0n) is 13.3. The number of anilines is 1. The zero-order valence-corrected chi connectivity index (χ0v) is 14.9. The predicted octanol–water partition coefficient (Wildman–Crippen LogP) is 4.22. The summed E-state index contributed by atoms with van der Waals surface area (Å²) < 4.78 is 66.0. The van der Waals surface area contributed by atoms with Crippen LogP contribution in [0.4, 0.5) is 23.5 Å². The van der Waals surface area contributed by atoms with Crippen molar-refractivity contribution < 1.29 is 27.0 Å². The van der Waals surface area contributed by atoms with E-state index in [1.807, 2.05) is 0 Å². The topological polar surface area (TPSA) is 70.3 Å². The largest absolute Gasteiger partial charge is 0.493 e. The Bertz CT molecular complexity index is 1020. The van der Waals surface area contributed by atoms with Crippen LogP contribution >= 0.6 is 15.9 Å². The standard InChI is InChI=1S/C16H10BrF4N3O2/c1-25-7-3-5-6(4-8(7)26-2)23-16(22)24-15(5)9-11(18)13(20)10(17)14(21)12(9)19/h3-4H,1-2H3,(H2,22,23,24). The number of ether oxygens (including phenoxy) is 2. The fourth-order valence-corrected chi connectivity index (χ4v) is 2.83. The van der Waals surface area contributed by atoms with Gasteiger partial charge in [-0.1, -0.05) is 0 Å². The van der Waals surface area contributed by atoms with Crippen LogP contribution in [0, 0.1) is 23.3 Å². The molecule has 0 radical (unpaired) electrons. The van der Waals surface area contributed by atoms with Crippen molar-refractivity contribution in [3.8, 4) is 22.8 Å². The molecule has 2 aromatic carbocycles. The molecule has 0 saturated heterocycles. The Labute approximate surface area is 152 Å². The van der Waals surface area contributed by atoms with Gasteiger partial charge in [0.25, 0.3) is 0 Å². The van der Waals surface area contributed by atoms with Gasteiger partial charge < -0.3 is 15.2 Å². The third-order valence-electron chi connectivity index (χ3n) is 3.66. The van der Waals surface area contributed by atoms with E-state index in [2.05, 4.69) is 25.9 Å². The fraction of sp³-hybridized carbons (Fsp3) is 0.125. The van der Waals surface area contributed by atoms with E-state index in [0.717, 1.165) is 0 Å². The summed E-state index contributed by atoms with van der Waals surface area (Å²) in [5, 5.41) is 0.0655. The maximum atomic E-state index is 14.4. The second-order valence-corrected chi connectivity index (χ2v) is 5.89. The van der Waals surface area contributed by atoms with Gasteiger partial charge in [0, 0.05) is 11.5 Å². The lowest BCUT2D eigenvalue weighted by molar-refractivity contribution is 0.356. The highest BCUT2D eigenvalue weighted by Gasteiger charge is 2.28. The Kier molecular flexibility index (Phi) is 4.61. The van der Waals surface area contributed by atoms with E-state index in [9.17, 15) is 17.6 Å². The van der Waals surface area contributed by atoms with Crippen LogP contribution in [0.25, 0.3) is 22.2 Å². The summed E-state index contributed by atoms with van der Waals surface area (Å²) in [5.74, 6) is -6.29. The van der Waals surface area contributed by atoms with Gasteiger partial charge in [-0.25, -0.2) is 27.5 Å². The van der Waals surface area contributed by atoms with E-state index in [4.69, 9.17) is 15.2 Å². The number of halogens is 5. The molecule has 0 unspecified atom stereocenters. The van der Waals surface area contributed by atoms with Gasteiger partial charge >= 0.3 is 0 Å². The Balaban J connectivity index is 2.47. The third kappa shape index (κ3) is 2.70. The fourth-order valence-electron chi connectivity index (χ4n) is 2.48. The number of methoxy groups -OCH3 is 2. The number of hydrogen-bond donors (Lipinski definition) is 1. The second kappa shape index (κ2) is 6.60. The first-order valence-corrected chi connectivity index (χ1v) is 7.80. The number of hydrogen-bond acceptors (Lipinski definition) is 5. The molecule has 10 heteroatoms. The van der Waals surface area contributed by atoms with Crippen LogP contribution in [0.15, 0.2) is 16.6 Å².